The Bertz CT molecular complexity index is 659. The van der Waals surface area contributed by atoms with E-state index in [1.54, 1.807) is 0 Å². The highest BCUT2D eigenvalue weighted by Gasteiger charge is 2.27. The highest BCUT2D eigenvalue weighted by molar-refractivity contribution is 6.02. The second-order valence-corrected chi connectivity index (χ2v) is 5.06. The third kappa shape index (κ3) is 2.08. The van der Waals surface area contributed by atoms with Crippen LogP contribution in [0.4, 0.5) is 5.69 Å². The van der Waals surface area contributed by atoms with Gasteiger partial charge in [-0.1, -0.05) is 18.2 Å². The summed E-state index contributed by atoms with van der Waals surface area (Å²) in [5, 5.41) is 18.1. The lowest BCUT2D eigenvalue weighted by molar-refractivity contribution is 0.0690. The number of fused-ring (bicyclic) bond motifs is 1. The minimum Gasteiger partial charge on any atom is -0.476 e. The first-order valence-electron chi connectivity index (χ1n) is 6.64. The predicted octanol–water partition coefficient (Wildman–Crippen LogP) is 1.11. The average Bonchev–Trinajstić information content (AvgIpc) is 2.94. The molecule has 3 rings (SSSR count). The summed E-state index contributed by atoms with van der Waals surface area (Å²) in [7, 11) is 0. The molecule has 6 heteroatoms. The Morgan fingerprint density at radius 1 is 1.40 bits per heavy atom. The summed E-state index contributed by atoms with van der Waals surface area (Å²) in [4.78, 5) is 13.5. The third-order valence-electron chi connectivity index (χ3n) is 3.78. The molecule has 1 aromatic heterocycles. The first-order valence-corrected chi connectivity index (χ1v) is 6.64. The van der Waals surface area contributed by atoms with Crippen LogP contribution >= 0.6 is 0 Å². The van der Waals surface area contributed by atoms with Gasteiger partial charge in [-0.3, -0.25) is 0 Å². The van der Waals surface area contributed by atoms with E-state index >= 15 is 0 Å². The number of anilines is 1. The van der Waals surface area contributed by atoms with Crippen LogP contribution in [0.3, 0.4) is 0 Å². The van der Waals surface area contributed by atoms with E-state index in [0.717, 1.165) is 24.9 Å². The van der Waals surface area contributed by atoms with Gasteiger partial charge in [-0.05, 0) is 24.9 Å². The van der Waals surface area contributed by atoms with Crippen LogP contribution in [-0.2, 0) is 0 Å². The quantitative estimate of drug-likeness (QED) is 0.869. The molecule has 0 radical (unpaired) electrons. The van der Waals surface area contributed by atoms with Crippen molar-refractivity contribution in [3.8, 4) is 0 Å². The van der Waals surface area contributed by atoms with Crippen molar-refractivity contribution in [2.24, 2.45) is 11.7 Å². The molecule has 2 heterocycles. The summed E-state index contributed by atoms with van der Waals surface area (Å²) in [5.74, 6) is -0.641. The standard InChI is InChI=1S/C14H16N4O2/c15-7-9-5-6-18(8-9)13-10-3-1-2-4-11(10)16-17-12(13)14(19)20/h1-4,9H,5-8,15H2,(H,19,20). The molecule has 1 atom stereocenters. The molecule has 0 saturated carbocycles. The number of carbonyl (C=O) groups is 1. The van der Waals surface area contributed by atoms with Gasteiger partial charge in [0.15, 0.2) is 5.69 Å². The molecule has 1 aliphatic heterocycles. The predicted molar refractivity (Wildman–Crippen MR) is 75.9 cm³/mol. The highest BCUT2D eigenvalue weighted by atomic mass is 16.4. The van der Waals surface area contributed by atoms with Gasteiger partial charge in [0.25, 0.3) is 0 Å². The zero-order chi connectivity index (χ0) is 14.1. The molecule has 1 fully saturated rings. The number of hydrogen-bond acceptors (Lipinski definition) is 5. The molecule has 0 amide bonds. The van der Waals surface area contributed by atoms with Gasteiger partial charge in [-0.2, -0.15) is 0 Å². The fourth-order valence-corrected chi connectivity index (χ4v) is 2.73. The molecular weight excluding hydrogens is 256 g/mol. The van der Waals surface area contributed by atoms with Gasteiger partial charge in [0.05, 0.1) is 11.2 Å². The van der Waals surface area contributed by atoms with E-state index in [2.05, 4.69) is 15.1 Å². The number of nitrogens with zero attached hydrogens (tertiary/aromatic N) is 3. The Balaban J connectivity index is 2.15. The second-order valence-electron chi connectivity index (χ2n) is 5.06. The number of nitrogens with two attached hydrogens (primary N) is 1. The monoisotopic (exact) mass is 272 g/mol. The van der Waals surface area contributed by atoms with Crippen molar-refractivity contribution in [1.29, 1.82) is 0 Å². The van der Waals surface area contributed by atoms with E-state index in [9.17, 15) is 9.90 Å². The molecule has 1 aliphatic rings. The number of aromatic carboxylic acids is 1. The van der Waals surface area contributed by atoms with Crippen LogP contribution in [0.5, 0.6) is 0 Å². The minimum absolute atomic E-state index is 0.0152. The summed E-state index contributed by atoms with van der Waals surface area (Å²) in [6, 6.07) is 7.49. The lowest BCUT2D eigenvalue weighted by Gasteiger charge is -2.21. The molecule has 0 spiro atoms. The lowest BCUT2D eigenvalue weighted by Crippen LogP contribution is -2.25. The Kier molecular flexibility index (Phi) is 3.23. The number of hydrogen-bond donors (Lipinski definition) is 2. The van der Waals surface area contributed by atoms with Crippen molar-refractivity contribution in [1.82, 2.24) is 10.2 Å². The molecular formula is C14H16N4O2. The molecule has 0 aliphatic carbocycles. The highest BCUT2D eigenvalue weighted by Crippen LogP contribution is 2.32. The van der Waals surface area contributed by atoms with Crippen LogP contribution in [0.15, 0.2) is 24.3 Å². The maximum atomic E-state index is 11.4. The molecule has 6 nitrogen and oxygen atoms in total. The molecule has 0 bridgehead atoms. The van der Waals surface area contributed by atoms with Crippen LogP contribution in [0, 0.1) is 5.92 Å². The van der Waals surface area contributed by atoms with Gasteiger partial charge >= 0.3 is 5.97 Å². The molecule has 1 aromatic carbocycles. The smallest absolute Gasteiger partial charge is 0.358 e. The molecule has 3 N–H and O–H groups in total. The molecule has 2 aromatic rings. The van der Waals surface area contributed by atoms with Crippen molar-refractivity contribution in [3.63, 3.8) is 0 Å². The van der Waals surface area contributed by atoms with Crippen LogP contribution < -0.4 is 10.6 Å². The van der Waals surface area contributed by atoms with E-state index in [4.69, 9.17) is 5.73 Å². The topological polar surface area (TPSA) is 92.3 Å². The number of benzene rings is 1. The maximum Gasteiger partial charge on any atom is 0.358 e. The van der Waals surface area contributed by atoms with Crippen LogP contribution in [0.1, 0.15) is 16.9 Å². The van der Waals surface area contributed by atoms with Gasteiger partial charge < -0.3 is 15.7 Å². The van der Waals surface area contributed by atoms with Crippen molar-refractivity contribution < 1.29 is 9.90 Å². The van der Waals surface area contributed by atoms with Crippen molar-refractivity contribution in [3.05, 3.63) is 30.0 Å². The van der Waals surface area contributed by atoms with Crippen LogP contribution in [0.2, 0.25) is 0 Å². The van der Waals surface area contributed by atoms with Gasteiger partial charge in [0.2, 0.25) is 0 Å². The number of aromatic nitrogens is 2. The summed E-state index contributed by atoms with van der Waals surface area (Å²) >= 11 is 0. The Morgan fingerprint density at radius 3 is 2.90 bits per heavy atom. The number of rotatable bonds is 3. The second kappa shape index (κ2) is 5.05. The van der Waals surface area contributed by atoms with E-state index in [0.29, 0.717) is 23.7 Å². The average molecular weight is 272 g/mol. The molecule has 104 valence electrons. The first kappa shape index (κ1) is 12.8. The van der Waals surface area contributed by atoms with Crippen molar-refractivity contribution in [2.45, 2.75) is 6.42 Å². The van der Waals surface area contributed by atoms with E-state index in [1.165, 1.54) is 0 Å². The summed E-state index contributed by atoms with van der Waals surface area (Å²) in [6.07, 6.45) is 0.978. The Labute approximate surface area is 116 Å². The Hall–Kier alpha value is -2.21. The van der Waals surface area contributed by atoms with Gasteiger partial charge in [-0.15, -0.1) is 10.2 Å². The normalized spacial score (nSPS) is 18.6. The maximum absolute atomic E-state index is 11.4. The zero-order valence-electron chi connectivity index (χ0n) is 11.0. The zero-order valence-corrected chi connectivity index (χ0v) is 11.0. The van der Waals surface area contributed by atoms with Crippen LogP contribution in [0.25, 0.3) is 10.9 Å². The van der Waals surface area contributed by atoms with Crippen LogP contribution in [-0.4, -0.2) is 40.9 Å². The first-order chi connectivity index (χ1) is 9.70. The number of carboxylic acids is 1. The van der Waals surface area contributed by atoms with E-state index < -0.39 is 5.97 Å². The fourth-order valence-electron chi connectivity index (χ4n) is 2.73. The van der Waals surface area contributed by atoms with Gasteiger partial charge in [0.1, 0.15) is 0 Å². The van der Waals surface area contributed by atoms with E-state index in [-0.39, 0.29) is 5.69 Å². The Morgan fingerprint density at radius 2 is 2.20 bits per heavy atom. The molecule has 1 saturated heterocycles. The summed E-state index contributed by atoms with van der Waals surface area (Å²) < 4.78 is 0. The largest absolute Gasteiger partial charge is 0.476 e. The summed E-state index contributed by atoms with van der Waals surface area (Å²) in [6.45, 7) is 2.19. The summed E-state index contributed by atoms with van der Waals surface area (Å²) in [5.41, 5.74) is 7.11. The van der Waals surface area contributed by atoms with E-state index in [1.807, 2.05) is 24.3 Å². The number of carboxylic acid groups (broad SMARTS) is 1. The van der Waals surface area contributed by atoms with Gasteiger partial charge in [-0.25, -0.2) is 4.79 Å². The molecule has 1 unspecified atom stereocenters. The minimum atomic E-state index is -1.05. The van der Waals surface area contributed by atoms with Crippen molar-refractivity contribution >= 4 is 22.6 Å². The third-order valence-corrected chi connectivity index (χ3v) is 3.78. The van der Waals surface area contributed by atoms with Crippen molar-refractivity contribution in [2.75, 3.05) is 24.5 Å². The fraction of sp³-hybridized carbons (Fsp3) is 0.357. The SMILES string of the molecule is NCC1CCN(c2c(C(=O)O)nnc3ccccc23)C1. The molecule has 20 heavy (non-hydrogen) atoms. The van der Waals surface area contributed by atoms with Gasteiger partial charge in [0, 0.05) is 18.5 Å². The lowest BCUT2D eigenvalue weighted by atomic mass is 10.1.